The molecule has 7 nitrogen and oxygen atoms in total. The Labute approximate surface area is 146 Å². The number of pyridine rings is 1. The highest BCUT2D eigenvalue weighted by molar-refractivity contribution is 5.59. The number of nitrogens with zero attached hydrogens (tertiary/aromatic N) is 3. The highest BCUT2D eigenvalue weighted by Crippen LogP contribution is 2.35. The summed E-state index contributed by atoms with van der Waals surface area (Å²) in [5, 5.41) is 21.8. The zero-order valence-electron chi connectivity index (χ0n) is 14.0. The van der Waals surface area contributed by atoms with Gasteiger partial charge in [-0.3, -0.25) is 10.1 Å². The van der Waals surface area contributed by atoms with E-state index in [0.717, 1.165) is 18.4 Å². The monoisotopic (exact) mass is 343 g/mol. The van der Waals surface area contributed by atoms with Crippen LogP contribution in [0.1, 0.15) is 24.5 Å². The molecule has 0 saturated carbocycles. The lowest BCUT2D eigenvalue weighted by Gasteiger charge is -2.34. The van der Waals surface area contributed by atoms with Gasteiger partial charge in [-0.2, -0.15) is 4.98 Å². The summed E-state index contributed by atoms with van der Waals surface area (Å²) in [6.45, 7) is 1.21. The average molecular weight is 343 g/mol. The van der Waals surface area contributed by atoms with Gasteiger partial charge in [0.15, 0.2) is 0 Å². The Kier molecular flexibility index (Phi) is 5.14. The van der Waals surface area contributed by atoms with Crippen molar-refractivity contribution in [1.29, 1.82) is 0 Å². The molecule has 1 fully saturated rings. The van der Waals surface area contributed by atoms with Crippen LogP contribution in [0.4, 0.5) is 11.5 Å². The van der Waals surface area contributed by atoms with Crippen LogP contribution in [0, 0.1) is 16.0 Å². The van der Waals surface area contributed by atoms with Gasteiger partial charge in [0.05, 0.1) is 18.1 Å². The summed E-state index contributed by atoms with van der Waals surface area (Å²) in [5.74, 6) is 0.812. The molecular weight excluding hydrogens is 322 g/mol. The van der Waals surface area contributed by atoms with E-state index in [4.69, 9.17) is 4.74 Å². The second-order valence-electron chi connectivity index (χ2n) is 6.13. The molecule has 2 heterocycles. The van der Waals surface area contributed by atoms with E-state index < -0.39 is 11.0 Å². The van der Waals surface area contributed by atoms with Gasteiger partial charge in [-0.15, -0.1) is 0 Å². The van der Waals surface area contributed by atoms with Crippen LogP contribution >= 0.6 is 0 Å². The minimum Gasteiger partial charge on any atom is -0.481 e. The molecule has 0 radical (unpaired) electrons. The fraction of sp³-hybridized carbons (Fsp3) is 0.389. The number of methoxy groups -OCH3 is 1. The molecule has 0 spiro atoms. The molecule has 3 rings (SSSR count). The number of aliphatic hydroxyl groups is 1. The molecule has 0 amide bonds. The summed E-state index contributed by atoms with van der Waals surface area (Å²) < 4.78 is 5.10. The largest absolute Gasteiger partial charge is 0.481 e. The number of piperidine rings is 1. The standard InChI is InChI=1S/C18H21N3O4/c1-25-16-8-7-15(21(23)24)18(19-16)20-11-9-14(10-12-20)17(22)13-5-3-2-4-6-13/h2-8,14,17,22H,9-12H2,1H3. The van der Waals surface area contributed by atoms with Crippen molar-refractivity contribution in [3.05, 3.63) is 58.1 Å². The topological polar surface area (TPSA) is 88.7 Å². The Bertz CT molecular complexity index is 730. The molecule has 1 saturated heterocycles. The summed E-state index contributed by atoms with van der Waals surface area (Å²) in [5.41, 5.74) is 0.884. The fourth-order valence-corrected chi connectivity index (χ4v) is 3.26. The van der Waals surface area contributed by atoms with Crippen molar-refractivity contribution in [2.24, 2.45) is 5.92 Å². The predicted molar refractivity (Wildman–Crippen MR) is 93.8 cm³/mol. The second kappa shape index (κ2) is 7.48. The van der Waals surface area contributed by atoms with E-state index in [1.165, 1.54) is 19.2 Å². The third-order valence-corrected chi connectivity index (χ3v) is 4.66. The molecule has 1 aromatic heterocycles. The quantitative estimate of drug-likeness (QED) is 0.663. The number of aromatic nitrogens is 1. The van der Waals surface area contributed by atoms with Gasteiger partial charge < -0.3 is 14.7 Å². The molecule has 7 heteroatoms. The average Bonchev–Trinajstić information content (AvgIpc) is 2.67. The summed E-state index contributed by atoms with van der Waals surface area (Å²) in [4.78, 5) is 17.0. The van der Waals surface area contributed by atoms with Gasteiger partial charge in [-0.1, -0.05) is 30.3 Å². The van der Waals surface area contributed by atoms with Gasteiger partial charge in [0.1, 0.15) is 0 Å². The first kappa shape index (κ1) is 17.2. The second-order valence-corrected chi connectivity index (χ2v) is 6.13. The van der Waals surface area contributed by atoms with Crippen LogP contribution in [-0.2, 0) is 0 Å². The smallest absolute Gasteiger partial charge is 0.311 e. The van der Waals surface area contributed by atoms with E-state index in [-0.39, 0.29) is 11.6 Å². The van der Waals surface area contributed by atoms with Crippen molar-refractivity contribution in [2.75, 3.05) is 25.1 Å². The van der Waals surface area contributed by atoms with Crippen LogP contribution in [0.5, 0.6) is 5.88 Å². The van der Waals surface area contributed by atoms with Crippen molar-refractivity contribution >= 4 is 11.5 Å². The maximum Gasteiger partial charge on any atom is 0.311 e. The minimum atomic E-state index is -0.517. The van der Waals surface area contributed by atoms with Crippen LogP contribution < -0.4 is 9.64 Å². The Balaban J connectivity index is 1.73. The molecule has 2 aromatic rings. The molecule has 1 atom stereocenters. The van der Waals surface area contributed by atoms with E-state index >= 15 is 0 Å². The number of aliphatic hydroxyl groups excluding tert-OH is 1. The van der Waals surface area contributed by atoms with E-state index in [9.17, 15) is 15.2 Å². The zero-order chi connectivity index (χ0) is 17.8. The third-order valence-electron chi connectivity index (χ3n) is 4.66. The number of rotatable bonds is 5. The van der Waals surface area contributed by atoms with Crippen LogP contribution in [-0.4, -0.2) is 35.2 Å². The summed E-state index contributed by atoms with van der Waals surface area (Å²) >= 11 is 0. The number of benzene rings is 1. The normalized spacial score (nSPS) is 16.5. The highest BCUT2D eigenvalue weighted by atomic mass is 16.6. The first-order valence-corrected chi connectivity index (χ1v) is 8.27. The SMILES string of the molecule is COc1ccc([N+](=O)[O-])c(N2CCC(C(O)c3ccccc3)CC2)n1. The Morgan fingerprint density at radius 2 is 1.92 bits per heavy atom. The molecule has 1 aromatic carbocycles. The third kappa shape index (κ3) is 3.71. The number of nitro groups is 1. The molecule has 0 aliphatic carbocycles. The van der Waals surface area contributed by atoms with Crippen LogP contribution in [0.2, 0.25) is 0 Å². The zero-order valence-corrected chi connectivity index (χ0v) is 14.0. The van der Waals surface area contributed by atoms with Crippen molar-refractivity contribution in [3.8, 4) is 5.88 Å². The predicted octanol–water partition coefficient (Wildman–Crippen LogP) is 2.95. The molecule has 25 heavy (non-hydrogen) atoms. The van der Waals surface area contributed by atoms with E-state index in [1.54, 1.807) is 0 Å². The maximum absolute atomic E-state index is 11.3. The van der Waals surface area contributed by atoms with Gasteiger partial charge in [0, 0.05) is 25.2 Å². The molecule has 132 valence electrons. The lowest BCUT2D eigenvalue weighted by Crippen LogP contribution is -2.36. The van der Waals surface area contributed by atoms with Crippen molar-refractivity contribution in [3.63, 3.8) is 0 Å². The summed E-state index contributed by atoms with van der Waals surface area (Å²) in [7, 11) is 1.49. The number of hydrogen-bond acceptors (Lipinski definition) is 6. The van der Waals surface area contributed by atoms with Crippen molar-refractivity contribution < 1.29 is 14.8 Å². The maximum atomic E-state index is 11.3. The lowest BCUT2D eigenvalue weighted by atomic mass is 9.87. The Hall–Kier alpha value is -2.67. The van der Waals surface area contributed by atoms with Crippen LogP contribution in [0.15, 0.2) is 42.5 Å². The first-order valence-electron chi connectivity index (χ1n) is 8.27. The van der Waals surface area contributed by atoms with Gasteiger partial charge in [0.2, 0.25) is 11.7 Å². The van der Waals surface area contributed by atoms with E-state index in [0.29, 0.717) is 24.8 Å². The first-order chi connectivity index (χ1) is 12.1. The minimum absolute atomic E-state index is 0.0251. The van der Waals surface area contributed by atoms with Gasteiger partial charge >= 0.3 is 5.69 Å². The number of anilines is 1. The van der Waals surface area contributed by atoms with Crippen molar-refractivity contribution in [1.82, 2.24) is 4.98 Å². The molecule has 1 unspecified atom stereocenters. The lowest BCUT2D eigenvalue weighted by molar-refractivity contribution is -0.384. The molecule has 1 aliphatic rings. The number of ether oxygens (including phenoxy) is 1. The van der Waals surface area contributed by atoms with Gasteiger partial charge in [-0.05, 0) is 24.3 Å². The molecule has 1 aliphatic heterocycles. The van der Waals surface area contributed by atoms with E-state index in [1.807, 2.05) is 35.2 Å². The molecular formula is C18H21N3O4. The van der Waals surface area contributed by atoms with Gasteiger partial charge in [-0.25, -0.2) is 0 Å². The highest BCUT2D eigenvalue weighted by Gasteiger charge is 2.30. The number of hydrogen-bond donors (Lipinski definition) is 1. The van der Waals surface area contributed by atoms with Gasteiger partial charge in [0.25, 0.3) is 0 Å². The molecule has 0 bridgehead atoms. The van der Waals surface area contributed by atoms with Crippen molar-refractivity contribution in [2.45, 2.75) is 18.9 Å². The summed E-state index contributed by atoms with van der Waals surface area (Å²) in [6, 6.07) is 12.5. The Morgan fingerprint density at radius 3 is 2.52 bits per heavy atom. The Morgan fingerprint density at radius 1 is 1.24 bits per heavy atom. The fourth-order valence-electron chi connectivity index (χ4n) is 3.26. The van der Waals surface area contributed by atoms with Crippen LogP contribution in [0.25, 0.3) is 0 Å². The van der Waals surface area contributed by atoms with Crippen LogP contribution in [0.3, 0.4) is 0 Å². The van der Waals surface area contributed by atoms with E-state index in [2.05, 4.69) is 4.98 Å². The summed E-state index contributed by atoms with van der Waals surface area (Å²) in [6.07, 6.45) is 0.967. The molecule has 1 N–H and O–H groups in total.